The SMILES string of the molecule is Cc1cccc(NC(=O)C2CC(=O)Nc3nc(-c4ccc(F)cc4)nn32)c1. The van der Waals surface area contributed by atoms with Crippen molar-refractivity contribution in [3.05, 3.63) is 59.9 Å². The van der Waals surface area contributed by atoms with Crippen LogP contribution in [0.5, 0.6) is 0 Å². The standard InChI is InChI=1S/C19H16FN5O2/c1-11-3-2-4-14(9-11)21-18(27)15-10-16(26)22-19-23-17(24-25(15)19)12-5-7-13(20)8-6-12/h2-9,15H,10H2,1H3,(H,21,27)(H,22,23,24,26). The normalized spacial score (nSPS) is 15.8. The smallest absolute Gasteiger partial charge is 0.249 e. The Morgan fingerprint density at radius 1 is 1.26 bits per heavy atom. The highest BCUT2D eigenvalue weighted by Gasteiger charge is 2.33. The van der Waals surface area contributed by atoms with E-state index in [1.807, 2.05) is 25.1 Å². The van der Waals surface area contributed by atoms with E-state index in [-0.39, 0.29) is 30.0 Å². The molecular formula is C19H16FN5O2. The average Bonchev–Trinajstić information content (AvgIpc) is 3.05. The van der Waals surface area contributed by atoms with Crippen LogP contribution in [0.25, 0.3) is 11.4 Å². The predicted octanol–water partition coefficient (Wildman–Crippen LogP) is 2.91. The molecule has 0 spiro atoms. The Labute approximate surface area is 154 Å². The molecule has 7 nitrogen and oxygen atoms in total. The van der Waals surface area contributed by atoms with Crippen LogP contribution in [0.2, 0.25) is 0 Å². The van der Waals surface area contributed by atoms with Crippen LogP contribution in [0, 0.1) is 12.7 Å². The molecule has 0 fully saturated rings. The lowest BCUT2D eigenvalue weighted by atomic mass is 10.1. The Morgan fingerprint density at radius 3 is 2.78 bits per heavy atom. The summed E-state index contributed by atoms with van der Waals surface area (Å²) in [6, 6.07) is 12.2. The van der Waals surface area contributed by atoms with Gasteiger partial charge in [-0.3, -0.25) is 14.9 Å². The van der Waals surface area contributed by atoms with E-state index in [1.165, 1.54) is 16.8 Å². The van der Waals surface area contributed by atoms with Crippen molar-refractivity contribution < 1.29 is 14.0 Å². The Balaban J connectivity index is 1.64. The van der Waals surface area contributed by atoms with Crippen LogP contribution in [-0.2, 0) is 9.59 Å². The molecule has 27 heavy (non-hydrogen) atoms. The molecule has 1 aliphatic rings. The zero-order chi connectivity index (χ0) is 19.0. The van der Waals surface area contributed by atoms with Crippen molar-refractivity contribution in [2.75, 3.05) is 10.6 Å². The molecule has 8 heteroatoms. The van der Waals surface area contributed by atoms with Gasteiger partial charge < -0.3 is 5.32 Å². The minimum absolute atomic E-state index is 0.0448. The fraction of sp³-hybridized carbons (Fsp3) is 0.158. The molecule has 0 bridgehead atoms. The summed E-state index contributed by atoms with van der Waals surface area (Å²) in [4.78, 5) is 29.0. The van der Waals surface area contributed by atoms with Crippen LogP contribution >= 0.6 is 0 Å². The summed E-state index contributed by atoms with van der Waals surface area (Å²) in [6.07, 6.45) is -0.0448. The number of halogens is 1. The first-order valence-corrected chi connectivity index (χ1v) is 8.39. The molecule has 2 amide bonds. The molecule has 136 valence electrons. The number of fused-ring (bicyclic) bond motifs is 1. The number of hydrogen-bond acceptors (Lipinski definition) is 4. The average molecular weight is 365 g/mol. The highest BCUT2D eigenvalue weighted by atomic mass is 19.1. The van der Waals surface area contributed by atoms with Crippen molar-refractivity contribution in [2.45, 2.75) is 19.4 Å². The monoisotopic (exact) mass is 365 g/mol. The Hall–Kier alpha value is -3.55. The van der Waals surface area contributed by atoms with Crippen molar-refractivity contribution in [2.24, 2.45) is 0 Å². The number of carbonyl (C=O) groups is 2. The van der Waals surface area contributed by atoms with Crippen LogP contribution in [-0.4, -0.2) is 26.6 Å². The summed E-state index contributed by atoms with van der Waals surface area (Å²) in [7, 11) is 0. The quantitative estimate of drug-likeness (QED) is 0.747. The molecule has 2 aromatic carbocycles. The van der Waals surface area contributed by atoms with Gasteiger partial charge in [0, 0.05) is 11.3 Å². The summed E-state index contributed by atoms with van der Waals surface area (Å²) >= 11 is 0. The van der Waals surface area contributed by atoms with E-state index in [1.54, 1.807) is 18.2 Å². The van der Waals surface area contributed by atoms with E-state index in [2.05, 4.69) is 20.7 Å². The van der Waals surface area contributed by atoms with Crippen LogP contribution < -0.4 is 10.6 Å². The van der Waals surface area contributed by atoms with Crippen LogP contribution in [0.3, 0.4) is 0 Å². The second-order valence-electron chi connectivity index (χ2n) is 6.34. The molecule has 3 aromatic rings. The van der Waals surface area contributed by atoms with Crippen LogP contribution in [0.4, 0.5) is 16.0 Å². The van der Waals surface area contributed by atoms with Gasteiger partial charge in [0.05, 0.1) is 6.42 Å². The molecular weight excluding hydrogens is 349 g/mol. The summed E-state index contributed by atoms with van der Waals surface area (Å²) in [6.45, 7) is 1.92. The van der Waals surface area contributed by atoms with Gasteiger partial charge in [-0.15, -0.1) is 5.10 Å². The van der Waals surface area contributed by atoms with E-state index < -0.39 is 6.04 Å². The van der Waals surface area contributed by atoms with E-state index in [0.29, 0.717) is 17.1 Å². The summed E-state index contributed by atoms with van der Waals surface area (Å²) in [5.74, 6) is -0.542. The summed E-state index contributed by atoms with van der Waals surface area (Å²) in [5, 5.41) is 9.78. The van der Waals surface area contributed by atoms with Crippen LogP contribution in [0.1, 0.15) is 18.0 Å². The molecule has 2 N–H and O–H groups in total. The number of nitrogens with one attached hydrogen (secondary N) is 2. The van der Waals surface area contributed by atoms with E-state index in [0.717, 1.165) is 5.56 Å². The van der Waals surface area contributed by atoms with Gasteiger partial charge in [0.25, 0.3) is 0 Å². The molecule has 1 unspecified atom stereocenters. The Kier molecular flexibility index (Phi) is 4.15. The third kappa shape index (κ3) is 3.41. The fourth-order valence-corrected chi connectivity index (χ4v) is 2.94. The molecule has 0 saturated heterocycles. The lowest BCUT2D eigenvalue weighted by Gasteiger charge is -2.22. The minimum atomic E-state index is -0.823. The maximum atomic E-state index is 13.1. The van der Waals surface area contributed by atoms with Crippen molar-refractivity contribution in [3.8, 4) is 11.4 Å². The number of anilines is 2. The van der Waals surface area contributed by atoms with Gasteiger partial charge in [0.1, 0.15) is 11.9 Å². The number of aromatic nitrogens is 3. The zero-order valence-electron chi connectivity index (χ0n) is 14.4. The lowest BCUT2D eigenvalue weighted by molar-refractivity contribution is -0.125. The number of aryl methyl sites for hydroxylation is 1. The van der Waals surface area contributed by atoms with E-state index in [9.17, 15) is 14.0 Å². The van der Waals surface area contributed by atoms with E-state index in [4.69, 9.17) is 0 Å². The van der Waals surface area contributed by atoms with Gasteiger partial charge >= 0.3 is 0 Å². The van der Waals surface area contributed by atoms with Gasteiger partial charge in [0.2, 0.25) is 17.8 Å². The second kappa shape index (κ2) is 6.64. The molecule has 1 atom stereocenters. The largest absolute Gasteiger partial charge is 0.324 e. The first-order valence-electron chi connectivity index (χ1n) is 8.39. The minimum Gasteiger partial charge on any atom is -0.324 e. The number of benzene rings is 2. The topological polar surface area (TPSA) is 88.9 Å². The molecule has 0 radical (unpaired) electrons. The van der Waals surface area contributed by atoms with Crippen molar-refractivity contribution in [1.29, 1.82) is 0 Å². The second-order valence-corrected chi connectivity index (χ2v) is 6.34. The molecule has 0 aliphatic carbocycles. The van der Waals surface area contributed by atoms with Gasteiger partial charge in [0.15, 0.2) is 5.82 Å². The first kappa shape index (κ1) is 16.9. The highest BCUT2D eigenvalue weighted by molar-refractivity contribution is 6.00. The van der Waals surface area contributed by atoms with Gasteiger partial charge in [-0.1, -0.05) is 12.1 Å². The maximum Gasteiger partial charge on any atom is 0.249 e. The van der Waals surface area contributed by atoms with Gasteiger partial charge in [-0.25, -0.2) is 9.07 Å². The fourth-order valence-electron chi connectivity index (χ4n) is 2.94. The number of hydrogen-bond donors (Lipinski definition) is 2. The zero-order valence-corrected chi connectivity index (χ0v) is 14.4. The lowest BCUT2D eigenvalue weighted by Crippen LogP contribution is -2.36. The molecule has 4 rings (SSSR count). The third-order valence-corrected chi connectivity index (χ3v) is 4.25. The number of nitrogens with zero attached hydrogens (tertiary/aromatic N) is 3. The Bertz CT molecular complexity index is 1030. The molecule has 0 saturated carbocycles. The number of rotatable bonds is 3. The summed E-state index contributed by atoms with van der Waals surface area (Å²) < 4.78 is 14.5. The number of carbonyl (C=O) groups excluding carboxylic acids is 2. The van der Waals surface area contributed by atoms with Gasteiger partial charge in [-0.05, 0) is 48.9 Å². The molecule has 1 aliphatic heterocycles. The molecule has 1 aromatic heterocycles. The predicted molar refractivity (Wildman–Crippen MR) is 97.5 cm³/mol. The number of amides is 2. The van der Waals surface area contributed by atoms with Crippen molar-refractivity contribution >= 4 is 23.5 Å². The molecule has 2 heterocycles. The van der Waals surface area contributed by atoms with Crippen molar-refractivity contribution in [3.63, 3.8) is 0 Å². The first-order chi connectivity index (χ1) is 13.0. The van der Waals surface area contributed by atoms with E-state index >= 15 is 0 Å². The Morgan fingerprint density at radius 2 is 2.04 bits per heavy atom. The highest BCUT2D eigenvalue weighted by Crippen LogP contribution is 2.27. The maximum absolute atomic E-state index is 13.1. The summed E-state index contributed by atoms with van der Waals surface area (Å²) in [5.41, 5.74) is 2.24. The van der Waals surface area contributed by atoms with Crippen LogP contribution in [0.15, 0.2) is 48.5 Å². The van der Waals surface area contributed by atoms with Gasteiger partial charge in [-0.2, -0.15) is 4.98 Å². The third-order valence-electron chi connectivity index (χ3n) is 4.25. The van der Waals surface area contributed by atoms with Crippen molar-refractivity contribution in [1.82, 2.24) is 14.8 Å².